The third-order valence-electron chi connectivity index (χ3n) is 5.24. The number of methoxy groups -OCH3 is 1. The van der Waals surface area contributed by atoms with Crippen molar-refractivity contribution in [3.8, 4) is 0 Å². The number of hydrogen-bond acceptors (Lipinski definition) is 3. The number of halogens is 2. The molecule has 0 spiro atoms. The molecule has 0 unspecified atom stereocenters. The molecular weight excluding hydrogens is 368 g/mol. The minimum absolute atomic E-state index is 0.0611. The first-order valence-electron chi connectivity index (χ1n) is 9.60. The standard InChI is InChI=1S/C20H27F2N3O3/c1-13(2)6-18-19(26)23(4-5-28-3)11-17-12-24(20(27)25(17)18)10-14-7-15(21)9-16(22)8-14/h7-9,13,17-18H,4-6,10-12H2,1-3H3/t17-,18-/m0/s1. The Bertz CT molecular complexity index is 723. The summed E-state index contributed by atoms with van der Waals surface area (Å²) in [4.78, 5) is 31.0. The molecule has 8 heteroatoms. The van der Waals surface area contributed by atoms with E-state index in [1.54, 1.807) is 21.8 Å². The van der Waals surface area contributed by atoms with Gasteiger partial charge in [-0.15, -0.1) is 0 Å². The summed E-state index contributed by atoms with van der Waals surface area (Å²) in [6, 6.07) is 2.37. The monoisotopic (exact) mass is 395 g/mol. The van der Waals surface area contributed by atoms with Crippen molar-refractivity contribution < 1.29 is 23.1 Å². The van der Waals surface area contributed by atoms with Crippen LogP contribution in [0.15, 0.2) is 18.2 Å². The van der Waals surface area contributed by atoms with Crippen molar-refractivity contribution in [2.45, 2.75) is 38.9 Å². The number of piperazine rings is 1. The van der Waals surface area contributed by atoms with Crippen LogP contribution in [0.1, 0.15) is 25.8 Å². The van der Waals surface area contributed by atoms with Crippen molar-refractivity contribution in [2.75, 3.05) is 33.4 Å². The number of urea groups is 1. The summed E-state index contributed by atoms with van der Waals surface area (Å²) in [5, 5.41) is 0. The second-order valence-electron chi connectivity index (χ2n) is 7.92. The van der Waals surface area contributed by atoms with E-state index in [0.717, 1.165) is 6.07 Å². The van der Waals surface area contributed by atoms with E-state index in [1.165, 1.54) is 12.1 Å². The largest absolute Gasteiger partial charge is 0.383 e. The van der Waals surface area contributed by atoms with Crippen LogP contribution in [-0.2, 0) is 16.1 Å². The van der Waals surface area contributed by atoms with Gasteiger partial charge in [0, 0.05) is 39.4 Å². The maximum atomic E-state index is 13.5. The maximum Gasteiger partial charge on any atom is 0.321 e. The zero-order valence-corrected chi connectivity index (χ0v) is 16.5. The summed E-state index contributed by atoms with van der Waals surface area (Å²) >= 11 is 0. The van der Waals surface area contributed by atoms with E-state index in [4.69, 9.17) is 4.74 Å². The first-order chi connectivity index (χ1) is 13.3. The van der Waals surface area contributed by atoms with Crippen molar-refractivity contribution in [1.29, 1.82) is 0 Å². The predicted octanol–water partition coefficient (Wildman–Crippen LogP) is 2.47. The van der Waals surface area contributed by atoms with E-state index >= 15 is 0 Å². The van der Waals surface area contributed by atoms with Crippen molar-refractivity contribution >= 4 is 11.9 Å². The van der Waals surface area contributed by atoms with Crippen LogP contribution in [-0.4, -0.2) is 72.1 Å². The summed E-state index contributed by atoms with van der Waals surface area (Å²) in [5.41, 5.74) is 0.397. The first-order valence-corrected chi connectivity index (χ1v) is 9.60. The molecule has 0 aliphatic carbocycles. The number of nitrogens with zero attached hydrogens (tertiary/aromatic N) is 3. The SMILES string of the molecule is COCCN1C[C@H]2CN(Cc3cc(F)cc(F)c3)C(=O)N2[C@@H](CC(C)C)C1=O. The molecule has 28 heavy (non-hydrogen) atoms. The molecule has 6 nitrogen and oxygen atoms in total. The Hall–Kier alpha value is -2.22. The number of hydrogen-bond donors (Lipinski definition) is 0. The Kier molecular flexibility index (Phi) is 6.17. The van der Waals surface area contributed by atoms with Gasteiger partial charge in [-0.05, 0) is 30.0 Å². The predicted molar refractivity (Wildman–Crippen MR) is 99.5 cm³/mol. The first kappa shape index (κ1) is 20.5. The lowest BCUT2D eigenvalue weighted by molar-refractivity contribution is -0.143. The van der Waals surface area contributed by atoms with Gasteiger partial charge < -0.3 is 19.4 Å². The molecule has 2 aliphatic rings. The smallest absolute Gasteiger partial charge is 0.321 e. The third kappa shape index (κ3) is 4.27. The van der Waals surface area contributed by atoms with Gasteiger partial charge in [-0.2, -0.15) is 0 Å². The molecule has 2 fully saturated rings. The Labute approximate surface area is 164 Å². The molecule has 3 rings (SSSR count). The fourth-order valence-corrected chi connectivity index (χ4v) is 4.07. The quantitative estimate of drug-likeness (QED) is 0.713. The van der Waals surface area contributed by atoms with Gasteiger partial charge in [0.1, 0.15) is 17.7 Å². The second kappa shape index (κ2) is 8.43. The summed E-state index contributed by atoms with van der Waals surface area (Å²) in [7, 11) is 1.59. The normalized spacial score (nSPS) is 22.4. The van der Waals surface area contributed by atoms with Crippen LogP contribution in [0.2, 0.25) is 0 Å². The van der Waals surface area contributed by atoms with Crippen LogP contribution in [0.3, 0.4) is 0 Å². The Morgan fingerprint density at radius 1 is 1.11 bits per heavy atom. The van der Waals surface area contributed by atoms with Gasteiger partial charge in [0.05, 0.1) is 12.6 Å². The average molecular weight is 395 g/mol. The van der Waals surface area contributed by atoms with Crippen molar-refractivity contribution in [3.05, 3.63) is 35.4 Å². The number of fused-ring (bicyclic) bond motifs is 1. The fourth-order valence-electron chi connectivity index (χ4n) is 4.07. The van der Waals surface area contributed by atoms with Gasteiger partial charge in [-0.1, -0.05) is 13.8 Å². The highest BCUT2D eigenvalue weighted by Gasteiger charge is 2.49. The van der Waals surface area contributed by atoms with Gasteiger partial charge >= 0.3 is 6.03 Å². The van der Waals surface area contributed by atoms with Crippen LogP contribution in [0.5, 0.6) is 0 Å². The summed E-state index contributed by atoms with van der Waals surface area (Å²) in [6.07, 6.45) is 0.576. The zero-order valence-electron chi connectivity index (χ0n) is 16.5. The summed E-state index contributed by atoms with van der Waals surface area (Å²) in [5.74, 6) is -1.15. The molecular formula is C20H27F2N3O3. The molecule has 2 atom stereocenters. The number of benzene rings is 1. The van der Waals surface area contributed by atoms with E-state index in [1.807, 2.05) is 13.8 Å². The molecule has 2 saturated heterocycles. The minimum atomic E-state index is -0.669. The van der Waals surface area contributed by atoms with Crippen LogP contribution in [0.25, 0.3) is 0 Å². The van der Waals surface area contributed by atoms with Gasteiger partial charge in [-0.3, -0.25) is 4.79 Å². The van der Waals surface area contributed by atoms with Crippen LogP contribution < -0.4 is 0 Å². The van der Waals surface area contributed by atoms with E-state index in [-0.39, 0.29) is 30.4 Å². The minimum Gasteiger partial charge on any atom is -0.383 e. The Morgan fingerprint density at radius 2 is 1.75 bits per heavy atom. The maximum absolute atomic E-state index is 13.5. The van der Waals surface area contributed by atoms with Gasteiger partial charge in [0.15, 0.2) is 0 Å². The topological polar surface area (TPSA) is 53.1 Å². The van der Waals surface area contributed by atoms with Crippen molar-refractivity contribution in [1.82, 2.24) is 14.7 Å². The number of amides is 3. The molecule has 2 aliphatic heterocycles. The molecule has 1 aromatic carbocycles. The number of rotatable bonds is 7. The second-order valence-corrected chi connectivity index (χ2v) is 7.92. The van der Waals surface area contributed by atoms with Crippen LogP contribution >= 0.6 is 0 Å². The third-order valence-corrected chi connectivity index (χ3v) is 5.24. The molecule has 0 radical (unpaired) electrons. The highest BCUT2D eigenvalue weighted by atomic mass is 19.1. The molecule has 0 aromatic heterocycles. The number of carbonyl (C=O) groups excluding carboxylic acids is 2. The Balaban J connectivity index is 1.81. The van der Waals surface area contributed by atoms with E-state index in [9.17, 15) is 18.4 Å². The fraction of sp³-hybridized carbons (Fsp3) is 0.600. The summed E-state index contributed by atoms with van der Waals surface area (Å²) < 4.78 is 32.1. The van der Waals surface area contributed by atoms with Crippen LogP contribution in [0, 0.1) is 17.6 Å². The molecule has 3 amide bonds. The van der Waals surface area contributed by atoms with E-state index in [0.29, 0.717) is 38.2 Å². The van der Waals surface area contributed by atoms with E-state index in [2.05, 4.69) is 0 Å². The highest BCUT2D eigenvalue weighted by molar-refractivity contribution is 5.90. The molecule has 2 heterocycles. The lowest BCUT2D eigenvalue weighted by Crippen LogP contribution is -2.61. The molecule has 0 saturated carbocycles. The van der Waals surface area contributed by atoms with Gasteiger partial charge in [0.2, 0.25) is 5.91 Å². The number of ether oxygens (including phenoxy) is 1. The molecule has 154 valence electrons. The zero-order chi connectivity index (χ0) is 20.4. The van der Waals surface area contributed by atoms with Gasteiger partial charge in [0.25, 0.3) is 0 Å². The molecule has 0 N–H and O–H groups in total. The molecule has 0 bridgehead atoms. The summed E-state index contributed by atoms with van der Waals surface area (Å²) in [6.45, 7) is 5.93. The van der Waals surface area contributed by atoms with Crippen molar-refractivity contribution in [2.24, 2.45) is 5.92 Å². The van der Waals surface area contributed by atoms with Gasteiger partial charge in [-0.25, -0.2) is 13.6 Å². The van der Waals surface area contributed by atoms with E-state index < -0.39 is 17.7 Å². The highest BCUT2D eigenvalue weighted by Crippen LogP contribution is 2.30. The average Bonchev–Trinajstić information content (AvgIpc) is 2.90. The lowest BCUT2D eigenvalue weighted by Gasteiger charge is -2.42. The Morgan fingerprint density at radius 3 is 2.36 bits per heavy atom. The van der Waals surface area contributed by atoms with Crippen molar-refractivity contribution in [3.63, 3.8) is 0 Å². The lowest BCUT2D eigenvalue weighted by atomic mass is 9.97. The molecule has 1 aromatic rings. The van der Waals surface area contributed by atoms with Crippen LogP contribution in [0.4, 0.5) is 13.6 Å². The number of carbonyl (C=O) groups is 2.